The van der Waals surface area contributed by atoms with Crippen molar-refractivity contribution < 1.29 is 27.8 Å². The Morgan fingerprint density at radius 3 is 2.63 bits per heavy atom. The lowest BCUT2D eigenvalue weighted by Gasteiger charge is -2.41. The van der Waals surface area contributed by atoms with E-state index >= 15 is 0 Å². The highest BCUT2D eigenvalue weighted by Crippen LogP contribution is 2.44. The Morgan fingerprint density at radius 1 is 1.44 bits per heavy atom. The fourth-order valence-corrected chi connectivity index (χ4v) is 3.38. The highest BCUT2D eigenvalue weighted by molar-refractivity contribution is 5.92. The number of hydrogen-bond acceptors (Lipinski definition) is 4. The molecular formula is C18H22F3N3O3. The van der Waals surface area contributed by atoms with E-state index in [0.717, 1.165) is 25.3 Å². The Hall–Kier alpha value is -2.29. The number of hydrogen-bond donors (Lipinski definition) is 2. The van der Waals surface area contributed by atoms with Crippen LogP contribution in [0, 0.1) is 5.82 Å². The van der Waals surface area contributed by atoms with Gasteiger partial charge in [-0.05, 0) is 52.2 Å². The molecule has 2 aromatic rings. The number of ether oxygens (including phenoxy) is 1. The first kappa shape index (κ1) is 19.5. The van der Waals surface area contributed by atoms with Crippen LogP contribution in [0.25, 0.3) is 11.0 Å². The number of amides is 1. The number of alkyl halides is 2. The van der Waals surface area contributed by atoms with Crippen LogP contribution in [-0.4, -0.2) is 32.8 Å². The molecule has 1 aromatic carbocycles. The minimum Gasteiger partial charge on any atom is -0.432 e. The monoisotopic (exact) mass is 385 g/mol. The van der Waals surface area contributed by atoms with Crippen molar-refractivity contribution in [2.24, 2.45) is 0 Å². The average molecular weight is 385 g/mol. The molecule has 6 nitrogen and oxygen atoms in total. The molecule has 0 aliphatic heterocycles. The summed E-state index contributed by atoms with van der Waals surface area (Å²) in [5.74, 6) is -1.88. The number of aliphatic hydroxyl groups is 1. The Bertz CT molecular complexity index is 870. The summed E-state index contributed by atoms with van der Waals surface area (Å²) in [6.07, 6.45) is 2.20. The van der Waals surface area contributed by atoms with Crippen LogP contribution in [0.5, 0.6) is 5.75 Å². The molecule has 0 saturated heterocycles. The lowest BCUT2D eigenvalue weighted by atomic mass is 9.78. The third kappa shape index (κ3) is 3.87. The van der Waals surface area contributed by atoms with Gasteiger partial charge in [-0.25, -0.2) is 9.37 Å². The van der Waals surface area contributed by atoms with E-state index in [-0.39, 0.29) is 23.4 Å². The summed E-state index contributed by atoms with van der Waals surface area (Å²) in [6, 6.07) is 2.47. The van der Waals surface area contributed by atoms with Gasteiger partial charge >= 0.3 is 6.61 Å². The largest absolute Gasteiger partial charge is 0.432 e. The van der Waals surface area contributed by atoms with Gasteiger partial charge in [0.05, 0.1) is 17.5 Å². The summed E-state index contributed by atoms with van der Waals surface area (Å²) in [4.78, 5) is 16.5. The van der Waals surface area contributed by atoms with Crippen LogP contribution >= 0.6 is 0 Å². The Labute approximate surface area is 154 Å². The van der Waals surface area contributed by atoms with Crippen LogP contribution in [0.1, 0.15) is 46.5 Å². The van der Waals surface area contributed by atoms with Crippen LogP contribution in [-0.2, 0) is 10.3 Å². The molecule has 0 atom stereocenters. The van der Waals surface area contributed by atoms with E-state index in [4.69, 9.17) is 0 Å². The first-order valence-corrected chi connectivity index (χ1v) is 8.69. The Balaban J connectivity index is 2.09. The van der Waals surface area contributed by atoms with Crippen LogP contribution in [0.15, 0.2) is 12.1 Å². The number of aromatic nitrogens is 2. The molecule has 1 aromatic heterocycles. The van der Waals surface area contributed by atoms with Gasteiger partial charge in [0.15, 0.2) is 11.6 Å². The lowest BCUT2D eigenvalue weighted by molar-refractivity contribution is -0.119. The molecule has 1 fully saturated rings. The fourth-order valence-electron chi connectivity index (χ4n) is 3.38. The molecule has 0 bridgehead atoms. The number of halogens is 3. The van der Waals surface area contributed by atoms with Crippen LogP contribution < -0.4 is 10.1 Å². The van der Waals surface area contributed by atoms with Crippen molar-refractivity contribution in [3.63, 3.8) is 0 Å². The molecule has 1 aliphatic carbocycles. The maximum Gasteiger partial charge on any atom is 0.387 e. The van der Waals surface area contributed by atoms with Gasteiger partial charge in [0.25, 0.3) is 0 Å². The highest BCUT2D eigenvalue weighted by atomic mass is 19.3. The molecule has 2 N–H and O–H groups in total. The molecule has 1 amide bonds. The molecular weight excluding hydrogens is 363 g/mol. The standard InChI is InChI=1S/C18H22F3N3O3/c1-17(2,26)9-12(25)23-16-22-10-5-6-11(27-15(20)21)13(19)14(10)24(16)18(3)7-4-8-18/h5-6,15,26H,4,7-9H2,1-3H3,(H,22,23,25). The quantitative estimate of drug-likeness (QED) is 0.794. The lowest BCUT2D eigenvalue weighted by Crippen LogP contribution is -2.39. The van der Waals surface area contributed by atoms with E-state index in [2.05, 4.69) is 15.0 Å². The molecule has 1 aliphatic rings. The molecule has 0 spiro atoms. The highest BCUT2D eigenvalue weighted by Gasteiger charge is 2.38. The number of nitrogens with zero attached hydrogens (tertiary/aromatic N) is 2. The number of anilines is 1. The second-order valence-corrected chi connectivity index (χ2v) is 7.78. The summed E-state index contributed by atoms with van der Waals surface area (Å²) in [7, 11) is 0. The number of carbonyl (C=O) groups excluding carboxylic acids is 1. The zero-order valence-electron chi connectivity index (χ0n) is 15.4. The number of benzene rings is 1. The molecule has 148 valence electrons. The molecule has 9 heteroatoms. The normalized spacial score (nSPS) is 16.4. The molecule has 1 saturated carbocycles. The van der Waals surface area contributed by atoms with Crippen molar-refractivity contribution >= 4 is 22.9 Å². The zero-order valence-corrected chi connectivity index (χ0v) is 15.4. The van der Waals surface area contributed by atoms with Gasteiger partial charge in [-0.15, -0.1) is 0 Å². The smallest absolute Gasteiger partial charge is 0.387 e. The number of nitrogens with one attached hydrogen (secondary N) is 1. The minimum absolute atomic E-state index is 0.00825. The SMILES string of the molecule is CC(C)(O)CC(=O)Nc1nc2ccc(OC(F)F)c(F)c2n1C1(C)CCC1. The predicted octanol–water partition coefficient (Wildman–Crippen LogP) is 3.78. The van der Waals surface area contributed by atoms with E-state index in [1.165, 1.54) is 19.9 Å². The van der Waals surface area contributed by atoms with Crippen molar-refractivity contribution in [2.75, 3.05) is 5.32 Å². The van der Waals surface area contributed by atoms with Gasteiger partial charge in [0.2, 0.25) is 11.9 Å². The molecule has 0 unspecified atom stereocenters. The number of fused-ring (bicyclic) bond motifs is 1. The van der Waals surface area contributed by atoms with E-state index in [0.29, 0.717) is 0 Å². The number of carbonyl (C=O) groups is 1. The summed E-state index contributed by atoms with van der Waals surface area (Å²) < 4.78 is 45.8. The van der Waals surface area contributed by atoms with Gasteiger partial charge in [-0.1, -0.05) is 0 Å². The second kappa shape index (κ2) is 6.70. The number of imidazole rings is 1. The average Bonchev–Trinajstić information content (AvgIpc) is 2.84. The minimum atomic E-state index is -3.15. The predicted molar refractivity (Wildman–Crippen MR) is 93.4 cm³/mol. The third-order valence-corrected chi connectivity index (χ3v) is 4.75. The molecule has 3 rings (SSSR count). The van der Waals surface area contributed by atoms with Gasteiger partial charge in [0.1, 0.15) is 5.52 Å². The van der Waals surface area contributed by atoms with Crippen LogP contribution in [0.2, 0.25) is 0 Å². The van der Waals surface area contributed by atoms with Crippen molar-refractivity contribution in [1.29, 1.82) is 0 Å². The van der Waals surface area contributed by atoms with Gasteiger partial charge in [0, 0.05) is 5.54 Å². The van der Waals surface area contributed by atoms with Crippen molar-refractivity contribution in [3.8, 4) is 5.75 Å². The van der Waals surface area contributed by atoms with Gasteiger partial charge in [-0.3, -0.25) is 10.1 Å². The molecule has 0 radical (unpaired) electrons. The first-order chi connectivity index (χ1) is 12.5. The summed E-state index contributed by atoms with van der Waals surface area (Å²) in [5.41, 5.74) is -1.49. The van der Waals surface area contributed by atoms with E-state index in [1.54, 1.807) is 4.57 Å². The van der Waals surface area contributed by atoms with E-state index < -0.39 is 35.2 Å². The first-order valence-electron chi connectivity index (χ1n) is 8.69. The van der Waals surface area contributed by atoms with E-state index in [1.807, 2.05) is 6.92 Å². The summed E-state index contributed by atoms with van der Waals surface area (Å²) in [5, 5.41) is 12.4. The summed E-state index contributed by atoms with van der Waals surface area (Å²) in [6.45, 7) is 1.73. The van der Waals surface area contributed by atoms with Crippen molar-refractivity contribution in [3.05, 3.63) is 17.9 Å². The zero-order chi connectivity index (χ0) is 20.0. The molecule has 27 heavy (non-hydrogen) atoms. The van der Waals surface area contributed by atoms with Gasteiger partial charge in [-0.2, -0.15) is 8.78 Å². The van der Waals surface area contributed by atoms with Crippen molar-refractivity contribution in [2.45, 2.75) is 64.2 Å². The Morgan fingerprint density at radius 2 is 2.11 bits per heavy atom. The van der Waals surface area contributed by atoms with Crippen LogP contribution in [0.3, 0.4) is 0 Å². The maximum atomic E-state index is 14.9. The Kier molecular flexibility index (Phi) is 4.83. The van der Waals surface area contributed by atoms with Gasteiger partial charge < -0.3 is 14.4 Å². The summed E-state index contributed by atoms with van der Waals surface area (Å²) >= 11 is 0. The third-order valence-electron chi connectivity index (χ3n) is 4.75. The maximum absolute atomic E-state index is 14.9. The number of rotatable bonds is 6. The van der Waals surface area contributed by atoms with Crippen LogP contribution in [0.4, 0.5) is 19.1 Å². The topological polar surface area (TPSA) is 76.4 Å². The van der Waals surface area contributed by atoms with E-state index in [9.17, 15) is 23.1 Å². The fraction of sp³-hybridized carbons (Fsp3) is 0.556. The molecule has 1 heterocycles. The van der Waals surface area contributed by atoms with Crippen molar-refractivity contribution in [1.82, 2.24) is 9.55 Å². The second-order valence-electron chi connectivity index (χ2n) is 7.78.